The number of carboxylic acid groups (broad SMARTS) is 1. The largest absolute Gasteiger partial charge is 0.478 e. The zero-order valence-corrected chi connectivity index (χ0v) is 22.4. The maximum atomic E-state index is 15.3. The number of aromatic carboxylic acids is 1. The van der Waals surface area contributed by atoms with Crippen molar-refractivity contribution in [3.8, 4) is 0 Å². The van der Waals surface area contributed by atoms with E-state index in [0.717, 1.165) is 4.90 Å². The van der Waals surface area contributed by atoms with E-state index in [0.29, 0.717) is 42.2 Å². The van der Waals surface area contributed by atoms with Crippen LogP contribution in [0, 0.1) is 12.7 Å². The lowest BCUT2D eigenvalue weighted by molar-refractivity contribution is -0.139. The second-order valence-electron chi connectivity index (χ2n) is 9.33. The summed E-state index contributed by atoms with van der Waals surface area (Å²) >= 11 is 7.41. The van der Waals surface area contributed by atoms with Gasteiger partial charge < -0.3 is 14.6 Å². The predicted octanol–water partition coefficient (Wildman–Crippen LogP) is 3.53. The van der Waals surface area contributed by atoms with Gasteiger partial charge in [0.1, 0.15) is 6.54 Å². The molecule has 2 aromatic carbocycles. The first-order valence-electron chi connectivity index (χ1n) is 11.7. The van der Waals surface area contributed by atoms with Gasteiger partial charge in [0, 0.05) is 53.1 Å². The molecule has 2 aliphatic rings. The molecule has 5 rings (SSSR count). The van der Waals surface area contributed by atoms with Crippen LogP contribution in [0.4, 0.5) is 4.39 Å². The van der Waals surface area contributed by atoms with Gasteiger partial charge in [-0.1, -0.05) is 29.4 Å². The molecular weight excluding hydrogens is 541 g/mol. The lowest BCUT2D eigenvalue weighted by Gasteiger charge is -2.46. The van der Waals surface area contributed by atoms with Gasteiger partial charge in [-0.3, -0.25) is 9.69 Å². The summed E-state index contributed by atoms with van der Waals surface area (Å²) in [6, 6.07) is 9.80. The summed E-state index contributed by atoms with van der Waals surface area (Å²) in [5.74, 6) is -1.53. The number of rotatable bonds is 6. The first-order chi connectivity index (χ1) is 17.5. The molecule has 0 bridgehead atoms. The standard InChI is InChI=1S/C25H25ClFN3O5S2/c1-15-24(36-18-4-2-3-16(11-18)25(32)33)19-5-6-20(26)22(27)23(19)30(15)14-21(31)29-12-17(13-29)28-7-9-37(34,35)10-8-28/h2-6,11,17H,7-10,12-14H2,1H3,(H,32,33). The van der Waals surface area contributed by atoms with Crippen LogP contribution in [0.2, 0.25) is 5.02 Å². The number of carboxylic acids is 1. The lowest BCUT2D eigenvalue weighted by atomic mass is 10.1. The summed E-state index contributed by atoms with van der Waals surface area (Å²) in [5.41, 5.74) is 1.05. The van der Waals surface area contributed by atoms with Gasteiger partial charge in [-0.15, -0.1) is 0 Å². The highest BCUT2D eigenvalue weighted by atomic mass is 35.5. The number of halogens is 2. The van der Waals surface area contributed by atoms with Crippen LogP contribution in [0.15, 0.2) is 46.2 Å². The average molecular weight is 566 g/mol. The Labute approximate surface area is 222 Å². The van der Waals surface area contributed by atoms with Crippen molar-refractivity contribution >= 4 is 56.0 Å². The Morgan fingerprint density at radius 2 is 1.86 bits per heavy atom. The normalized spacial score (nSPS) is 18.2. The molecule has 3 aromatic rings. The zero-order chi connectivity index (χ0) is 26.5. The number of aromatic nitrogens is 1. The van der Waals surface area contributed by atoms with Gasteiger partial charge >= 0.3 is 5.97 Å². The fourth-order valence-electron chi connectivity index (χ4n) is 4.83. The lowest BCUT2D eigenvalue weighted by Crippen LogP contribution is -2.63. The van der Waals surface area contributed by atoms with Crippen molar-refractivity contribution in [2.24, 2.45) is 0 Å². The predicted molar refractivity (Wildman–Crippen MR) is 140 cm³/mol. The summed E-state index contributed by atoms with van der Waals surface area (Å²) in [4.78, 5) is 29.8. The quantitative estimate of drug-likeness (QED) is 0.488. The molecule has 196 valence electrons. The van der Waals surface area contributed by atoms with Crippen molar-refractivity contribution in [1.82, 2.24) is 14.4 Å². The number of carbonyl (C=O) groups excluding carboxylic acids is 1. The molecule has 2 saturated heterocycles. The van der Waals surface area contributed by atoms with Crippen LogP contribution < -0.4 is 0 Å². The van der Waals surface area contributed by atoms with Crippen molar-refractivity contribution in [3.63, 3.8) is 0 Å². The van der Waals surface area contributed by atoms with Crippen LogP contribution in [0.25, 0.3) is 10.9 Å². The van der Waals surface area contributed by atoms with Gasteiger partial charge in [0.15, 0.2) is 15.7 Å². The van der Waals surface area contributed by atoms with E-state index in [1.807, 2.05) is 0 Å². The van der Waals surface area contributed by atoms with E-state index in [2.05, 4.69) is 4.90 Å². The van der Waals surface area contributed by atoms with Crippen molar-refractivity contribution in [2.45, 2.75) is 29.3 Å². The summed E-state index contributed by atoms with van der Waals surface area (Å²) in [6.45, 7) is 3.69. The molecule has 0 atom stereocenters. The molecule has 2 fully saturated rings. The smallest absolute Gasteiger partial charge is 0.335 e. The number of benzene rings is 2. The minimum absolute atomic E-state index is 0.0489. The Morgan fingerprint density at radius 3 is 2.54 bits per heavy atom. The fraction of sp³-hybridized carbons (Fsp3) is 0.360. The molecule has 0 radical (unpaired) electrons. The van der Waals surface area contributed by atoms with Crippen LogP contribution in [0.3, 0.4) is 0 Å². The van der Waals surface area contributed by atoms with E-state index in [-0.39, 0.29) is 46.1 Å². The Bertz CT molecular complexity index is 1500. The van der Waals surface area contributed by atoms with Crippen molar-refractivity contribution in [1.29, 1.82) is 0 Å². The molecule has 0 spiro atoms. The zero-order valence-electron chi connectivity index (χ0n) is 20.0. The van der Waals surface area contributed by atoms with Crippen LogP contribution in [0.1, 0.15) is 16.1 Å². The highest BCUT2D eigenvalue weighted by Crippen LogP contribution is 2.40. The second kappa shape index (κ2) is 9.94. The summed E-state index contributed by atoms with van der Waals surface area (Å²) in [6.07, 6.45) is 0. The Hall–Kier alpha value is -2.60. The van der Waals surface area contributed by atoms with Crippen LogP contribution in [-0.2, 0) is 21.2 Å². The van der Waals surface area contributed by atoms with Crippen LogP contribution in [-0.4, -0.2) is 83.5 Å². The number of hydrogen-bond donors (Lipinski definition) is 1. The van der Waals surface area contributed by atoms with Crippen molar-refractivity contribution in [2.75, 3.05) is 37.7 Å². The van der Waals surface area contributed by atoms with Crippen molar-refractivity contribution < 1.29 is 27.5 Å². The van der Waals surface area contributed by atoms with Gasteiger partial charge in [-0.05, 0) is 37.3 Å². The molecule has 0 unspecified atom stereocenters. The maximum absolute atomic E-state index is 15.3. The Morgan fingerprint density at radius 1 is 1.16 bits per heavy atom. The number of amides is 1. The molecule has 3 heterocycles. The number of nitrogens with zero attached hydrogens (tertiary/aromatic N) is 3. The fourth-order valence-corrected chi connectivity index (χ4v) is 7.31. The monoisotopic (exact) mass is 565 g/mol. The van der Waals surface area contributed by atoms with Gasteiger partial charge in [0.25, 0.3) is 0 Å². The Balaban J connectivity index is 1.38. The van der Waals surface area contributed by atoms with Crippen LogP contribution >= 0.6 is 23.4 Å². The maximum Gasteiger partial charge on any atom is 0.335 e. The molecule has 12 heteroatoms. The third kappa shape index (κ3) is 5.09. The number of likely N-dealkylation sites (tertiary alicyclic amines) is 1. The Kier molecular flexibility index (Phi) is 6.99. The van der Waals surface area contributed by atoms with Gasteiger partial charge in [-0.25, -0.2) is 17.6 Å². The highest BCUT2D eigenvalue weighted by Gasteiger charge is 2.37. The van der Waals surface area contributed by atoms with E-state index in [1.54, 1.807) is 40.7 Å². The molecule has 37 heavy (non-hydrogen) atoms. The molecule has 8 nitrogen and oxygen atoms in total. The van der Waals surface area contributed by atoms with Crippen molar-refractivity contribution in [3.05, 3.63) is 58.5 Å². The first kappa shape index (κ1) is 26.0. The van der Waals surface area contributed by atoms with Gasteiger partial charge in [0.05, 0.1) is 27.6 Å². The molecule has 0 saturated carbocycles. The number of fused-ring (bicyclic) bond motifs is 1. The molecular formula is C25H25ClFN3O5S2. The summed E-state index contributed by atoms with van der Waals surface area (Å²) < 4.78 is 40.3. The van der Waals surface area contributed by atoms with E-state index >= 15 is 4.39 Å². The summed E-state index contributed by atoms with van der Waals surface area (Å²) in [5, 5.41) is 9.87. The molecule has 0 aliphatic carbocycles. The van der Waals surface area contributed by atoms with Gasteiger partial charge in [0.2, 0.25) is 5.91 Å². The number of carbonyl (C=O) groups is 2. The average Bonchev–Trinajstić information content (AvgIpc) is 3.08. The SMILES string of the molecule is Cc1c(Sc2cccc(C(=O)O)c2)c2ccc(Cl)c(F)c2n1CC(=O)N1CC(N2CCS(=O)(=O)CC2)C1. The third-order valence-corrected chi connectivity index (χ3v) is 10.1. The molecule has 1 aromatic heterocycles. The molecule has 1 N–H and O–H groups in total. The molecule has 2 aliphatic heterocycles. The topological polar surface area (TPSA) is 99.9 Å². The minimum atomic E-state index is -2.97. The second-order valence-corrected chi connectivity index (χ2v) is 13.1. The highest BCUT2D eigenvalue weighted by molar-refractivity contribution is 7.99. The van der Waals surface area contributed by atoms with E-state index in [1.165, 1.54) is 23.9 Å². The number of hydrogen-bond acceptors (Lipinski definition) is 6. The first-order valence-corrected chi connectivity index (χ1v) is 14.8. The summed E-state index contributed by atoms with van der Waals surface area (Å²) in [7, 11) is -2.97. The van der Waals surface area contributed by atoms with E-state index < -0.39 is 21.6 Å². The van der Waals surface area contributed by atoms with Crippen LogP contribution in [0.5, 0.6) is 0 Å². The van der Waals surface area contributed by atoms with E-state index in [4.69, 9.17) is 11.6 Å². The molecule has 1 amide bonds. The third-order valence-electron chi connectivity index (χ3n) is 7.02. The minimum Gasteiger partial charge on any atom is -0.478 e. The van der Waals surface area contributed by atoms with Gasteiger partial charge in [-0.2, -0.15) is 0 Å². The number of sulfone groups is 1. The van der Waals surface area contributed by atoms with E-state index in [9.17, 15) is 23.1 Å².